The Kier molecular flexibility index (Phi) is 4.38. The summed E-state index contributed by atoms with van der Waals surface area (Å²) in [5, 5.41) is 3.23. The lowest BCUT2D eigenvalue weighted by atomic mass is 10.1. The molecule has 108 valence electrons. The maximum Gasteiger partial charge on any atom is 0.253 e. The van der Waals surface area contributed by atoms with Crippen molar-refractivity contribution in [1.29, 1.82) is 0 Å². The van der Waals surface area contributed by atoms with Crippen molar-refractivity contribution in [3.05, 3.63) is 59.7 Å². The van der Waals surface area contributed by atoms with Crippen LogP contribution in [0.1, 0.15) is 27.6 Å². The first-order chi connectivity index (χ1) is 9.97. The molecular weight excluding hydrogens is 264 g/mol. The van der Waals surface area contributed by atoms with Crippen LogP contribution in [-0.4, -0.2) is 30.7 Å². The molecule has 0 aliphatic carbocycles. The number of hydrogen-bond acceptors (Lipinski definition) is 3. The number of nitrogens with zero attached hydrogens (tertiary/aromatic N) is 1. The highest BCUT2D eigenvalue weighted by atomic mass is 16.2. The Balaban J connectivity index is 2.09. The third kappa shape index (κ3) is 3.69. The molecule has 0 saturated carbocycles. The van der Waals surface area contributed by atoms with Gasteiger partial charge in [-0.1, -0.05) is 0 Å². The Morgan fingerprint density at radius 3 is 1.62 bits per heavy atom. The summed E-state index contributed by atoms with van der Waals surface area (Å²) in [5.41, 5.74) is 3.12. The number of carbonyl (C=O) groups excluding carboxylic acids is 2. The number of nitrogens with one attached hydrogen (secondary N) is 1. The van der Waals surface area contributed by atoms with Crippen molar-refractivity contribution in [2.75, 3.05) is 19.4 Å². The smallest absolute Gasteiger partial charge is 0.253 e. The predicted molar refractivity (Wildman–Crippen MR) is 84.2 cm³/mol. The van der Waals surface area contributed by atoms with E-state index in [1.807, 2.05) is 24.3 Å². The van der Waals surface area contributed by atoms with Gasteiger partial charge in [0.25, 0.3) is 5.91 Å². The van der Waals surface area contributed by atoms with E-state index in [0.29, 0.717) is 11.1 Å². The van der Waals surface area contributed by atoms with E-state index < -0.39 is 0 Å². The number of Topliss-reactive ketones (excluding diaryl/α,β-unsaturated/α-hetero) is 1. The number of carbonyl (C=O) groups is 2. The van der Waals surface area contributed by atoms with Crippen molar-refractivity contribution in [2.24, 2.45) is 0 Å². The fraction of sp³-hybridized carbons (Fsp3) is 0.176. The molecule has 0 aliphatic heterocycles. The standard InChI is InChI=1S/C17H18N2O2/c1-12(20)13-4-8-15(9-5-13)18-16-10-6-14(7-11-16)17(21)19(2)3/h4-11,18H,1-3H3. The lowest BCUT2D eigenvalue weighted by Crippen LogP contribution is -2.21. The SMILES string of the molecule is CC(=O)c1ccc(Nc2ccc(C(=O)N(C)C)cc2)cc1. The molecule has 4 nitrogen and oxygen atoms in total. The number of amides is 1. The van der Waals surface area contributed by atoms with Crippen molar-refractivity contribution in [3.8, 4) is 0 Å². The van der Waals surface area contributed by atoms with E-state index >= 15 is 0 Å². The maximum absolute atomic E-state index is 11.8. The molecule has 0 unspecified atom stereocenters. The van der Waals surface area contributed by atoms with Gasteiger partial charge in [0, 0.05) is 36.6 Å². The van der Waals surface area contributed by atoms with E-state index in [1.165, 1.54) is 0 Å². The van der Waals surface area contributed by atoms with Gasteiger partial charge in [-0.2, -0.15) is 0 Å². The summed E-state index contributed by atoms with van der Waals surface area (Å²) in [5.74, 6) is 0.0282. The maximum atomic E-state index is 11.8. The van der Waals surface area contributed by atoms with Crippen LogP contribution in [0.15, 0.2) is 48.5 Å². The molecule has 0 bridgehead atoms. The highest BCUT2D eigenvalue weighted by Crippen LogP contribution is 2.18. The van der Waals surface area contributed by atoms with E-state index in [2.05, 4.69) is 5.32 Å². The van der Waals surface area contributed by atoms with Crippen molar-refractivity contribution >= 4 is 23.1 Å². The summed E-state index contributed by atoms with van der Waals surface area (Å²) in [6.45, 7) is 1.54. The third-order valence-corrected chi connectivity index (χ3v) is 3.12. The first kappa shape index (κ1) is 14.8. The van der Waals surface area contributed by atoms with Gasteiger partial charge in [-0.05, 0) is 55.5 Å². The van der Waals surface area contributed by atoms with Crippen molar-refractivity contribution in [3.63, 3.8) is 0 Å². The van der Waals surface area contributed by atoms with Crippen molar-refractivity contribution in [1.82, 2.24) is 4.90 Å². The quantitative estimate of drug-likeness (QED) is 0.875. The monoisotopic (exact) mass is 282 g/mol. The van der Waals surface area contributed by atoms with Crippen molar-refractivity contribution < 1.29 is 9.59 Å². The molecule has 2 aromatic rings. The van der Waals surface area contributed by atoms with Gasteiger partial charge in [0.15, 0.2) is 5.78 Å². The van der Waals surface area contributed by atoms with Gasteiger partial charge in [0.2, 0.25) is 0 Å². The number of hydrogen-bond donors (Lipinski definition) is 1. The number of benzene rings is 2. The zero-order valence-electron chi connectivity index (χ0n) is 12.4. The van der Waals surface area contributed by atoms with E-state index in [1.54, 1.807) is 50.2 Å². The number of ketones is 1. The summed E-state index contributed by atoms with van der Waals surface area (Å²) in [4.78, 5) is 24.5. The van der Waals surface area contributed by atoms with Crippen LogP contribution in [0.2, 0.25) is 0 Å². The molecule has 1 amide bonds. The van der Waals surface area contributed by atoms with Crippen molar-refractivity contribution in [2.45, 2.75) is 6.92 Å². The van der Waals surface area contributed by atoms with Gasteiger partial charge in [-0.25, -0.2) is 0 Å². The first-order valence-corrected chi connectivity index (χ1v) is 6.67. The van der Waals surface area contributed by atoms with Gasteiger partial charge >= 0.3 is 0 Å². The average Bonchev–Trinajstić information content (AvgIpc) is 2.47. The normalized spacial score (nSPS) is 10.0. The summed E-state index contributed by atoms with van der Waals surface area (Å²) in [6, 6.07) is 14.6. The number of anilines is 2. The van der Waals surface area contributed by atoms with Gasteiger partial charge in [0.1, 0.15) is 0 Å². The van der Waals surface area contributed by atoms with Crippen LogP contribution in [0.3, 0.4) is 0 Å². The molecule has 1 N–H and O–H groups in total. The van der Waals surface area contributed by atoms with E-state index in [-0.39, 0.29) is 11.7 Å². The second-order valence-corrected chi connectivity index (χ2v) is 5.04. The van der Waals surface area contributed by atoms with Gasteiger partial charge in [0.05, 0.1) is 0 Å². The third-order valence-electron chi connectivity index (χ3n) is 3.12. The van der Waals surface area contributed by atoms with Crippen LogP contribution < -0.4 is 5.32 Å². The Bertz CT molecular complexity index is 643. The summed E-state index contributed by atoms with van der Waals surface area (Å²) < 4.78 is 0. The number of rotatable bonds is 4. The largest absolute Gasteiger partial charge is 0.356 e. The zero-order chi connectivity index (χ0) is 15.4. The molecule has 2 aromatic carbocycles. The lowest BCUT2D eigenvalue weighted by Gasteiger charge is -2.11. The van der Waals surface area contributed by atoms with Crippen LogP contribution in [0.4, 0.5) is 11.4 Å². The molecule has 0 heterocycles. The minimum absolute atomic E-state index is 0.0210. The molecule has 0 atom stereocenters. The molecule has 0 aliphatic rings. The average molecular weight is 282 g/mol. The molecular formula is C17H18N2O2. The van der Waals surface area contributed by atoms with Gasteiger partial charge < -0.3 is 10.2 Å². The molecule has 21 heavy (non-hydrogen) atoms. The van der Waals surface area contributed by atoms with E-state index in [4.69, 9.17) is 0 Å². The van der Waals surface area contributed by atoms with E-state index in [0.717, 1.165) is 11.4 Å². The highest BCUT2D eigenvalue weighted by Gasteiger charge is 2.07. The Labute approximate surface area is 124 Å². The molecule has 0 saturated heterocycles. The van der Waals surface area contributed by atoms with Crippen LogP contribution >= 0.6 is 0 Å². The minimum atomic E-state index is -0.0210. The zero-order valence-corrected chi connectivity index (χ0v) is 12.4. The second kappa shape index (κ2) is 6.22. The molecule has 4 heteroatoms. The molecule has 0 fully saturated rings. The predicted octanol–water partition coefficient (Wildman–Crippen LogP) is 3.33. The van der Waals surface area contributed by atoms with Crippen LogP contribution in [-0.2, 0) is 0 Å². The summed E-state index contributed by atoms with van der Waals surface area (Å²) in [6.07, 6.45) is 0. The van der Waals surface area contributed by atoms with Crippen LogP contribution in [0.25, 0.3) is 0 Å². The topological polar surface area (TPSA) is 49.4 Å². The van der Waals surface area contributed by atoms with E-state index in [9.17, 15) is 9.59 Å². The summed E-state index contributed by atoms with van der Waals surface area (Å²) in [7, 11) is 3.45. The fourth-order valence-electron chi connectivity index (χ4n) is 1.91. The first-order valence-electron chi connectivity index (χ1n) is 6.67. The molecule has 0 radical (unpaired) electrons. The van der Waals surface area contributed by atoms with Gasteiger partial charge in [-0.15, -0.1) is 0 Å². The Morgan fingerprint density at radius 1 is 0.810 bits per heavy atom. The Morgan fingerprint density at radius 2 is 1.24 bits per heavy atom. The second-order valence-electron chi connectivity index (χ2n) is 5.04. The lowest BCUT2D eigenvalue weighted by molar-refractivity contribution is 0.0827. The van der Waals surface area contributed by atoms with Crippen LogP contribution in [0, 0.1) is 0 Å². The molecule has 0 aromatic heterocycles. The fourth-order valence-corrected chi connectivity index (χ4v) is 1.91. The van der Waals surface area contributed by atoms with Crippen LogP contribution in [0.5, 0.6) is 0 Å². The highest BCUT2D eigenvalue weighted by molar-refractivity contribution is 5.95. The summed E-state index contributed by atoms with van der Waals surface area (Å²) >= 11 is 0. The molecule has 2 rings (SSSR count). The Hall–Kier alpha value is -2.62. The van der Waals surface area contributed by atoms with Gasteiger partial charge in [-0.3, -0.25) is 9.59 Å². The molecule has 0 spiro atoms. The minimum Gasteiger partial charge on any atom is -0.356 e.